The molecular formula is C14H27NO3. The fraction of sp³-hybridized carbons (Fsp3) is 0.929. The number of carbonyl (C=O) groups excluding carboxylic acids is 1. The van der Waals surface area contributed by atoms with Crippen LogP contribution < -0.4 is 5.32 Å². The second-order valence-corrected chi connectivity index (χ2v) is 5.59. The van der Waals surface area contributed by atoms with Gasteiger partial charge in [-0.1, -0.05) is 20.8 Å². The molecule has 1 aliphatic rings. The quantitative estimate of drug-likeness (QED) is 0.710. The number of rotatable bonds is 7. The highest BCUT2D eigenvalue weighted by atomic mass is 16.5. The first-order chi connectivity index (χ1) is 8.54. The molecule has 18 heavy (non-hydrogen) atoms. The van der Waals surface area contributed by atoms with Crippen molar-refractivity contribution in [2.24, 2.45) is 5.92 Å². The highest BCUT2D eigenvalue weighted by Gasteiger charge is 2.46. The average molecular weight is 257 g/mol. The second-order valence-electron chi connectivity index (χ2n) is 5.59. The third-order valence-corrected chi connectivity index (χ3v) is 3.42. The molecule has 0 aliphatic heterocycles. The minimum Gasteiger partial charge on any atom is -0.468 e. The van der Waals surface area contributed by atoms with Crippen LogP contribution in [0.2, 0.25) is 0 Å². The molecule has 1 fully saturated rings. The molecular weight excluding hydrogens is 230 g/mol. The van der Waals surface area contributed by atoms with Crippen molar-refractivity contribution < 1.29 is 14.3 Å². The van der Waals surface area contributed by atoms with Crippen molar-refractivity contribution >= 4 is 5.97 Å². The Kier molecular flexibility index (Phi) is 6.09. The van der Waals surface area contributed by atoms with Gasteiger partial charge in [0.05, 0.1) is 13.2 Å². The molecule has 0 radical (unpaired) electrons. The smallest absolute Gasteiger partial charge is 0.326 e. The zero-order valence-corrected chi connectivity index (χ0v) is 12.1. The third-order valence-electron chi connectivity index (χ3n) is 3.42. The summed E-state index contributed by atoms with van der Waals surface area (Å²) in [6.45, 7) is 7.97. The first-order valence-corrected chi connectivity index (χ1v) is 6.99. The van der Waals surface area contributed by atoms with Gasteiger partial charge in [0.15, 0.2) is 0 Å². The molecule has 2 atom stereocenters. The van der Waals surface area contributed by atoms with Crippen molar-refractivity contribution in [3.8, 4) is 0 Å². The number of carbonyl (C=O) groups is 1. The van der Waals surface area contributed by atoms with Crippen molar-refractivity contribution in [2.45, 2.75) is 58.1 Å². The summed E-state index contributed by atoms with van der Waals surface area (Å²) >= 11 is 0. The van der Waals surface area contributed by atoms with Gasteiger partial charge in [-0.05, 0) is 31.7 Å². The maximum Gasteiger partial charge on any atom is 0.326 e. The fourth-order valence-corrected chi connectivity index (χ4v) is 2.45. The van der Waals surface area contributed by atoms with E-state index in [0.29, 0.717) is 5.92 Å². The van der Waals surface area contributed by atoms with Gasteiger partial charge in [-0.2, -0.15) is 0 Å². The van der Waals surface area contributed by atoms with Gasteiger partial charge in [0.25, 0.3) is 0 Å². The molecule has 0 bridgehead atoms. The number of ether oxygens (including phenoxy) is 2. The van der Waals surface area contributed by atoms with Crippen LogP contribution in [-0.2, 0) is 14.3 Å². The maximum atomic E-state index is 12.0. The normalized spacial score (nSPS) is 27.7. The SMILES string of the molecule is CCCNC1(C(=O)OC)CCC(OCC(C)C)C1. The largest absolute Gasteiger partial charge is 0.468 e. The maximum absolute atomic E-state index is 12.0. The number of hydrogen-bond acceptors (Lipinski definition) is 4. The van der Waals surface area contributed by atoms with E-state index in [4.69, 9.17) is 9.47 Å². The van der Waals surface area contributed by atoms with E-state index in [-0.39, 0.29) is 12.1 Å². The van der Waals surface area contributed by atoms with Gasteiger partial charge in [0, 0.05) is 13.0 Å². The zero-order valence-electron chi connectivity index (χ0n) is 12.1. The van der Waals surface area contributed by atoms with E-state index in [9.17, 15) is 4.79 Å². The Morgan fingerprint density at radius 2 is 2.22 bits per heavy atom. The molecule has 1 rings (SSSR count). The Labute approximate surface area is 110 Å². The highest BCUT2D eigenvalue weighted by molar-refractivity contribution is 5.81. The van der Waals surface area contributed by atoms with Gasteiger partial charge in [0.2, 0.25) is 0 Å². The standard InChI is InChI=1S/C14H27NO3/c1-5-8-15-14(13(16)17-4)7-6-12(9-14)18-10-11(2)3/h11-12,15H,5-10H2,1-4H3. The summed E-state index contributed by atoms with van der Waals surface area (Å²) in [6, 6.07) is 0. The summed E-state index contributed by atoms with van der Waals surface area (Å²) in [7, 11) is 1.46. The molecule has 4 nitrogen and oxygen atoms in total. The summed E-state index contributed by atoms with van der Waals surface area (Å²) in [5.74, 6) is 0.383. The molecule has 0 spiro atoms. The lowest BCUT2D eigenvalue weighted by Crippen LogP contribution is -2.51. The number of nitrogens with one attached hydrogen (secondary N) is 1. The van der Waals surface area contributed by atoms with Crippen molar-refractivity contribution in [3.63, 3.8) is 0 Å². The number of hydrogen-bond donors (Lipinski definition) is 1. The van der Waals surface area contributed by atoms with Crippen molar-refractivity contribution in [2.75, 3.05) is 20.3 Å². The van der Waals surface area contributed by atoms with E-state index >= 15 is 0 Å². The predicted octanol–water partition coefficient (Wildman–Crippen LogP) is 2.12. The minimum atomic E-state index is -0.521. The lowest BCUT2D eigenvalue weighted by Gasteiger charge is -2.27. The average Bonchev–Trinajstić information content (AvgIpc) is 2.78. The van der Waals surface area contributed by atoms with Crippen molar-refractivity contribution in [3.05, 3.63) is 0 Å². The Morgan fingerprint density at radius 1 is 1.50 bits per heavy atom. The lowest BCUT2D eigenvalue weighted by molar-refractivity contribution is -0.149. The van der Waals surface area contributed by atoms with E-state index in [1.54, 1.807) is 0 Å². The topological polar surface area (TPSA) is 47.6 Å². The monoisotopic (exact) mass is 257 g/mol. The van der Waals surface area contributed by atoms with Crippen LogP contribution in [0, 0.1) is 5.92 Å². The molecule has 0 heterocycles. The summed E-state index contributed by atoms with van der Waals surface area (Å²) in [5, 5.41) is 3.36. The molecule has 2 unspecified atom stereocenters. The van der Waals surface area contributed by atoms with Gasteiger partial charge in [-0.25, -0.2) is 0 Å². The first-order valence-electron chi connectivity index (χ1n) is 6.99. The van der Waals surface area contributed by atoms with E-state index < -0.39 is 5.54 Å². The van der Waals surface area contributed by atoms with Crippen LogP contribution in [0.5, 0.6) is 0 Å². The summed E-state index contributed by atoms with van der Waals surface area (Å²) in [6.07, 6.45) is 3.65. The van der Waals surface area contributed by atoms with E-state index in [2.05, 4.69) is 26.1 Å². The summed E-state index contributed by atoms with van der Waals surface area (Å²) < 4.78 is 10.8. The summed E-state index contributed by atoms with van der Waals surface area (Å²) in [5.41, 5.74) is -0.521. The molecule has 4 heteroatoms. The molecule has 0 saturated heterocycles. The third kappa shape index (κ3) is 3.95. The van der Waals surface area contributed by atoms with Gasteiger partial charge < -0.3 is 14.8 Å². The van der Waals surface area contributed by atoms with Gasteiger partial charge in [-0.15, -0.1) is 0 Å². The zero-order chi connectivity index (χ0) is 13.6. The van der Waals surface area contributed by atoms with Crippen molar-refractivity contribution in [1.29, 1.82) is 0 Å². The molecule has 106 valence electrons. The second kappa shape index (κ2) is 7.10. The molecule has 0 aromatic carbocycles. The fourth-order valence-electron chi connectivity index (χ4n) is 2.45. The Balaban J connectivity index is 2.56. The lowest BCUT2D eigenvalue weighted by atomic mass is 9.97. The molecule has 0 amide bonds. The molecule has 0 aromatic heterocycles. The minimum absolute atomic E-state index is 0.147. The Bertz CT molecular complexity index is 268. The van der Waals surface area contributed by atoms with E-state index in [1.165, 1.54) is 7.11 Å². The van der Waals surface area contributed by atoms with Crippen LogP contribution in [0.1, 0.15) is 46.5 Å². The van der Waals surface area contributed by atoms with Crippen molar-refractivity contribution in [1.82, 2.24) is 5.32 Å². The molecule has 1 saturated carbocycles. The van der Waals surface area contributed by atoms with E-state index in [0.717, 1.165) is 38.8 Å². The van der Waals surface area contributed by atoms with Crippen LogP contribution in [0.15, 0.2) is 0 Å². The van der Waals surface area contributed by atoms with Crippen LogP contribution in [0.3, 0.4) is 0 Å². The Hall–Kier alpha value is -0.610. The Morgan fingerprint density at radius 3 is 2.78 bits per heavy atom. The van der Waals surface area contributed by atoms with Crippen LogP contribution >= 0.6 is 0 Å². The van der Waals surface area contributed by atoms with Crippen LogP contribution in [-0.4, -0.2) is 37.9 Å². The number of methoxy groups -OCH3 is 1. The molecule has 1 N–H and O–H groups in total. The number of esters is 1. The van der Waals surface area contributed by atoms with Crippen LogP contribution in [0.25, 0.3) is 0 Å². The predicted molar refractivity (Wildman–Crippen MR) is 71.5 cm³/mol. The van der Waals surface area contributed by atoms with Crippen LogP contribution in [0.4, 0.5) is 0 Å². The van der Waals surface area contributed by atoms with Gasteiger partial charge in [-0.3, -0.25) is 4.79 Å². The first kappa shape index (κ1) is 15.4. The van der Waals surface area contributed by atoms with Gasteiger partial charge >= 0.3 is 5.97 Å². The molecule has 0 aromatic rings. The summed E-state index contributed by atoms with van der Waals surface area (Å²) in [4.78, 5) is 12.0. The highest BCUT2D eigenvalue weighted by Crippen LogP contribution is 2.33. The van der Waals surface area contributed by atoms with E-state index in [1.807, 2.05) is 0 Å². The van der Waals surface area contributed by atoms with Gasteiger partial charge in [0.1, 0.15) is 5.54 Å². The molecule has 1 aliphatic carbocycles.